The van der Waals surface area contributed by atoms with Gasteiger partial charge in [0.05, 0.1) is 11.1 Å². The lowest BCUT2D eigenvalue weighted by atomic mass is 9.97. The van der Waals surface area contributed by atoms with E-state index in [1.807, 2.05) is 6.07 Å². The summed E-state index contributed by atoms with van der Waals surface area (Å²) >= 11 is 1.63. The maximum atomic E-state index is 9.53. The molecule has 5 heteroatoms. The van der Waals surface area contributed by atoms with Crippen LogP contribution in [0.15, 0.2) is 23.6 Å². The Morgan fingerprint density at radius 1 is 1.61 bits per heavy atom. The molecule has 0 amide bonds. The molecule has 0 aromatic carbocycles. The SMILES string of the molecule is CCCNC(C#N)(CSc1ccncn1)C1CC1. The van der Waals surface area contributed by atoms with E-state index < -0.39 is 0 Å². The van der Waals surface area contributed by atoms with Gasteiger partial charge in [0.25, 0.3) is 0 Å². The molecule has 2 rings (SSSR count). The molecule has 1 heterocycles. The number of nitriles is 1. The molecule has 1 atom stereocenters. The van der Waals surface area contributed by atoms with Gasteiger partial charge < -0.3 is 0 Å². The van der Waals surface area contributed by atoms with Crippen molar-refractivity contribution in [2.24, 2.45) is 5.92 Å². The first-order valence-corrected chi connectivity index (χ1v) is 7.34. The molecule has 0 saturated heterocycles. The third kappa shape index (κ3) is 3.21. The van der Waals surface area contributed by atoms with Crippen molar-refractivity contribution in [2.75, 3.05) is 12.3 Å². The first-order valence-electron chi connectivity index (χ1n) is 6.36. The first-order chi connectivity index (χ1) is 8.80. The summed E-state index contributed by atoms with van der Waals surface area (Å²) in [5, 5.41) is 13.9. The lowest BCUT2D eigenvalue weighted by molar-refractivity contribution is 0.405. The number of nitrogens with one attached hydrogen (secondary N) is 1. The zero-order valence-corrected chi connectivity index (χ0v) is 11.4. The zero-order valence-electron chi connectivity index (χ0n) is 10.6. The maximum Gasteiger partial charge on any atom is 0.119 e. The molecule has 1 saturated carbocycles. The Kier molecular flexibility index (Phi) is 4.56. The van der Waals surface area contributed by atoms with Crippen LogP contribution in [0.2, 0.25) is 0 Å². The van der Waals surface area contributed by atoms with E-state index in [4.69, 9.17) is 0 Å². The van der Waals surface area contributed by atoms with Crippen LogP contribution in [0.4, 0.5) is 0 Å². The van der Waals surface area contributed by atoms with Crippen molar-refractivity contribution in [1.82, 2.24) is 15.3 Å². The third-order valence-corrected chi connectivity index (χ3v) is 4.30. The van der Waals surface area contributed by atoms with Gasteiger partial charge in [-0.15, -0.1) is 11.8 Å². The highest BCUT2D eigenvalue weighted by atomic mass is 32.2. The number of nitrogens with zero attached hydrogens (tertiary/aromatic N) is 3. The van der Waals surface area contributed by atoms with Crippen LogP contribution in [0.25, 0.3) is 0 Å². The molecule has 1 fully saturated rings. The van der Waals surface area contributed by atoms with Gasteiger partial charge in [-0.05, 0) is 37.8 Å². The van der Waals surface area contributed by atoms with E-state index in [0.29, 0.717) is 5.92 Å². The van der Waals surface area contributed by atoms with E-state index in [-0.39, 0.29) is 5.54 Å². The second-order valence-corrected chi connectivity index (χ2v) is 5.62. The standard InChI is InChI=1S/C13H18N4S/c1-2-6-17-13(8-14,11-3-4-11)9-18-12-5-7-15-10-16-12/h5,7,10-11,17H,2-4,6,9H2,1H3. The maximum absolute atomic E-state index is 9.53. The monoisotopic (exact) mass is 262 g/mol. The minimum Gasteiger partial charge on any atom is -0.298 e. The van der Waals surface area contributed by atoms with Gasteiger partial charge >= 0.3 is 0 Å². The van der Waals surface area contributed by atoms with E-state index in [1.54, 1.807) is 24.3 Å². The quantitative estimate of drug-likeness (QED) is 0.603. The molecule has 0 aliphatic heterocycles. The molecule has 1 aliphatic rings. The van der Waals surface area contributed by atoms with Crippen molar-refractivity contribution >= 4 is 11.8 Å². The van der Waals surface area contributed by atoms with Crippen molar-refractivity contribution in [2.45, 2.75) is 36.8 Å². The van der Waals surface area contributed by atoms with Gasteiger partial charge in [-0.3, -0.25) is 5.32 Å². The Labute approximate surface area is 112 Å². The summed E-state index contributed by atoms with van der Waals surface area (Å²) in [6.45, 7) is 3.02. The van der Waals surface area contributed by atoms with Gasteiger partial charge in [0.1, 0.15) is 11.9 Å². The molecule has 1 unspecified atom stereocenters. The van der Waals surface area contributed by atoms with Gasteiger partial charge in [0.2, 0.25) is 0 Å². The fourth-order valence-electron chi connectivity index (χ4n) is 1.95. The highest BCUT2D eigenvalue weighted by molar-refractivity contribution is 7.99. The third-order valence-electron chi connectivity index (χ3n) is 3.17. The van der Waals surface area contributed by atoms with Gasteiger partial charge in [-0.25, -0.2) is 9.97 Å². The summed E-state index contributed by atoms with van der Waals surface area (Å²) < 4.78 is 0. The van der Waals surface area contributed by atoms with E-state index in [2.05, 4.69) is 28.3 Å². The molecule has 1 aliphatic carbocycles. The van der Waals surface area contributed by atoms with Crippen molar-refractivity contribution in [3.63, 3.8) is 0 Å². The first kappa shape index (κ1) is 13.3. The molecule has 4 nitrogen and oxygen atoms in total. The van der Waals surface area contributed by atoms with Gasteiger partial charge in [0.15, 0.2) is 0 Å². The predicted molar refractivity (Wildman–Crippen MR) is 72.1 cm³/mol. The number of thioether (sulfide) groups is 1. The van der Waals surface area contributed by atoms with E-state index in [9.17, 15) is 5.26 Å². The minimum absolute atomic E-state index is 0.383. The van der Waals surface area contributed by atoms with Gasteiger partial charge in [0, 0.05) is 11.9 Å². The van der Waals surface area contributed by atoms with Crippen molar-refractivity contribution < 1.29 is 0 Å². The second kappa shape index (κ2) is 6.17. The average Bonchev–Trinajstić information content (AvgIpc) is 3.26. The van der Waals surface area contributed by atoms with Crippen LogP contribution in [-0.2, 0) is 0 Å². The molecule has 1 aromatic heterocycles. The minimum atomic E-state index is -0.383. The van der Waals surface area contributed by atoms with E-state index in [1.165, 1.54) is 0 Å². The number of hydrogen-bond acceptors (Lipinski definition) is 5. The zero-order chi connectivity index (χ0) is 12.8. The van der Waals surface area contributed by atoms with Crippen molar-refractivity contribution in [3.05, 3.63) is 18.6 Å². The molecule has 96 valence electrons. The lowest BCUT2D eigenvalue weighted by Gasteiger charge is -2.27. The highest BCUT2D eigenvalue weighted by Gasteiger charge is 2.45. The Balaban J connectivity index is 1.99. The Morgan fingerprint density at radius 3 is 3.00 bits per heavy atom. The Hall–Kier alpha value is -1.12. The molecular formula is C13H18N4S. The smallest absolute Gasteiger partial charge is 0.119 e. The summed E-state index contributed by atoms with van der Waals surface area (Å²) in [5.41, 5.74) is -0.383. The summed E-state index contributed by atoms with van der Waals surface area (Å²) in [6.07, 6.45) is 6.66. The van der Waals surface area contributed by atoms with Crippen LogP contribution >= 0.6 is 11.8 Å². The fraction of sp³-hybridized carbons (Fsp3) is 0.615. The Morgan fingerprint density at radius 2 is 2.44 bits per heavy atom. The van der Waals surface area contributed by atoms with Crippen molar-refractivity contribution in [3.8, 4) is 6.07 Å². The Bertz CT molecular complexity index is 413. The van der Waals surface area contributed by atoms with Crippen LogP contribution in [0.5, 0.6) is 0 Å². The van der Waals surface area contributed by atoms with Crippen LogP contribution in [0.3, 0.4) is 0 Å². The number of hydrogen-bond donors (Lipinski definition) is 1. The molecule has 0 bridgehead atoms. The van der Waals surface area contributed by atoms with E-state index >= 15 is 0 Å². The van der Waals surface area contributed by atoms with Crippen LogP contribution < -0.4 is 5.32 Å². The normalized spacial score (nSPS) is 18.0. The molecule has 1 aromatic rings. The van der Waals surface area contributed by atoms with Gasteiger partial charge in [-0.2, -0.15) is 5.26 Å². The summed E-state index contributed by atoms with van der Waals surface area (Å²) in [7, 11) is 0. The highest BCUT2D eigenvalue weighted by Crippen LogP contribution is 2.41. The van der Waals surface area contributed by atoms with Crippen molar-refractivity contribution in [1.29, 1.82) is 5.26 Å². The summed E-state index contributed by atoms with van der Waals surface area (Å²) in [6, 6.07) is 4.40. The molecule has 0 radical (unpaired) electrons. The number of rotatable bonds is 7. The molecular weight excluding hydrogens is 244 g/mol. The summed E-state index contributed by atoms with van der Waals surface area (Å²) in [5.74, 6) is 1.26. The molecule has 18 heavy (non-hydrogen) atoms. The van der Waals surface area contributed by atoms with E-state index in [0.717, 1.165) is 36.6 Å². The largest absolute Gasteiger partial charge is 0.298 e. The topological polar surface area (TPSA) is 61.6 Å². The predicted octanol–water partition coefficient (Wildman–Crippen LogP) is 2.24. The molecule has 1 N–H and O–H groups in total. The molecule has 0 spiro atoms. The van der Waals surface area contributed by atoms with Crippen LogP contribution in [-0.4, -0.2) is 27.8 Å². The number of aromatic nitrogens is 2. The fourth-order valence-corrected chi connectivity index (χ4v) is 3.01. The van der Waals surface area contributed by atoms with Crippen LogP contribution in [0.1, 0.15) is 26.2 Å². The second-order valence-electron chi connectivity index (χ2n) is 4.62. The van der Waals surface area contributed by atoms with Gasteiger partial charge in [-0.1, -0.05) is 6.92 Å². The lowest BCUT2D eigenvalue weighted by Crippen LogP contribution is -2.48. The van der Waals surface area contributed by atoms with Crippen LogP contribution in [0, 0.1) is 17.2 Å². The average molecular weight is 262 g/mol. The summed E-state index contributed by atoms with van der Waals surface area (Å²) in [4.78, 5) is 8.09.